The summed E-state index contributed by atoms with van der Waals surface area (Å²) >= 11 is 0. The first kappa shape index (κ1) is 32.7. The average Bonchev–Trinajstić information content (AvgIpc) is 3.28. The molecule has 224 valence electrons. The number of ether oxygens (including phenoxy) is 3. The van der Waals surface area contributed by atoms with Gasteiger partial charge in [0.05, 0.1) is 25.3 Å². The van der Waals surface area contributed by atoms with Crippen molar-refractivity contribution < 1.29 is 33.4 Å². The molecule has 1 aromatic heterocycles. The number of hydrogen-bond donors (Lipinski definition) is 3. The van der Waals surface area contributed by atoms with E-state index in [9.17, 15) is 19.2 Å². The van der Waals surface area contributed by atoms with Gasteiger partial charge in [0.1, 0.15) is 17.7 Å². The number of aromatic nitrogens is 3. The van der Waals surface area contributed by atoms with Gasteiger partial charge in [0.2, 0.25) is 11.9 Å². The zero-order valence-corrected chi connectivity index (χ0v) is 24.5. The van der Waals surface area contributed by atoms with Gasteiger partial charge in [0.15, 0.2) is 0 Å². The van der Waals surface area contributed by atoms with Gasteiger partial charge in [-0.15, -0.1) is 5.10 Å². The normalized spacial score (nSPS) is 12.0. The number of methoxy groups -OCH3 is 1. The standard InChI is InChI=1S/C27H39N7O7/c1-26(2,3)40-24(37)30-23(31-25(38)41-27(4,5)6)28-14-13-19-16-34(33-32-19)17-21(35)29-20(15-22(36)39-7)18-11-9-8-10-12-18/h8-12,16,20H,13-15,17H2,1-7H3,(H,29,35)(H2,28,30,31,37,38)/t20-/m0/s1. The van der Waals surface area contributed by atoms with Gasteiger partial charge in [0, 0.05) is 19.2 Å². The fourth-order valence-electron chi connectivity index (χ4n) is 3.30. The van der Waals surface area contributed by atoms with E-state index in [0.29, 0.717) is 5.69 Å². The third kappa shape index (κ3) is 13.4. The monoisotopic (exact) mass is 573 g/mol. The van der Waals surface area contributed by atoms with Crippen molar-refractivity contribution in [3.63, 3.8) is 0 Å². The molecule has 2 rings (SSSR count). The Balaban J connectivity index is 2.01. The maximum absolute atomic E-state index is 12.7. The van der Waals surface area contributed by atoms with Crippen LogP contribution in [0.3, 0.4) is 0 Å². The molecule has 3 amide bonds. The number of nitrogens with zero attached hydrogens (tertiary/aromatic N) is 4. The van der Waals surface area contributed by atoms with Gasteiger partial charge in [-0.3, -0.25) is 25.2 Å². The lowest BCUT2D eigenvalue weighted by atomic mass is 10.0. The molecule has 0 unspecified atom stereocenters. The molecule has 1 atom stereocenters. The second-order valence-corrected chi connectivity index (χ2v) is 11.0. The third-order valence-corrected chi connectivity index (χ3v) is 4.90. The van der Waals surface area contributed by atoms with Crippen LogP contribution < -0.4 is 16.0 Å². The first-order valence-electron chi connectivity index (χ1n) is 13.0. The van der Waals surface area contributed by atoms with Gasteiger partial charge < -0.3 is 19.5 Å². The Hall–Kier alpha value is -4.49. The van der Waals surface area contributed by atoms with Crippen molar-refractivity contribution in [3.05, 3.63) is 47.8 Å². The van der Waals surface area contributed by atoms with Crippen LogP contribution in [0.4, 0.5) is 9.59 Å². The fraction of sp³-hybridized carbons (Fsp3) is 0.519. The van der Waals surface area contributed by atoms with Crippen molar-refractivity contribution in [2.75, 3.05) is 13.7 Å². The predicted molar refractivity (Wildman–Crippen MR) is 149 cm³/mol. The van der Waals surface area contributed by atoms with Crippen LogP contribution in [0, 0.1) is 0 Å². The summed E-state index contributed by atoms with van der Waals surface area (Å²) in [5.41, 5.74) is -0.234. The van der Waals surface area contributed by atoms with E-state index in [1.54, 1.807) is 47.7 Å². The molecule has 0 saturated heterocycles. The summed E-state index contributed by atoms with van der Waals surface area (Å²) in [5, 5.41) is 15.7. The summed E-state index contributed by atoms with van der Waals surface area (Å²) < 4.78 is 16.6. The summed E-state index contributed by atoms with van der Waals surface area (Å²) in [7, 11) is 1.29. The van der Waals surface area contributed by atoms with Crippen LogP contribution in [-0.4, -0.2) is 69.9 Å². The zero-order chi connectivity index (χ0) is 30.6. The number of rotatable bonds is 9. The lowest BCUT2D eigenvalue weighted by Gasteiger charge is -2.22. The topological polar surface area (TPSA) is 175 Å². The number of nitrogens with one attached hydrogen (secondary N) is 3. The van der Waals surface area contributed by atoms with Gasteiger partial charge in [-0.2, -0.15) is 0 Å². The summed E-state index contributed by atoms with van der Waals surface area (Å²) in [6, 6.07) is 8.52. The Kier molecular flexibility index (Phi) is 11.8. The third-order valence-electron chi connectivity index (χ3n) is 4.90. The van der Waals surface area contributed by atoms with E-state index >= 15 is 0 Å². The van der Waals surface area contributed by atoms with Gasteiger partial charge in [-0.1, -0.05) is 35.5 Å². The molecule has 0 aliphatic rings. The highest BCUT2D eigenvalue weighted by Crippen LogP contribution is 2.17. The van der Waals surface area contributed by atoms with Crippen LogP contribution in [0.2, 0.25) is 0 Å². The second-order valence-electron chi connectivity index (χ2n) is 11.0. The van der Waals surface area contributed by atoms with Crippen molar-refractivity contribution in [3.8, 4) is 0 Å². The van der Waals surface area contributed by atoms with Gasteiger partial charge in [-0.05, 0) is 47.1 Å². The molecule has 14 nitrogen and oxygen atoms in total. The number of amides is 3. The molecule has 0 fully saturated rings. The van der Waals surface area contributed by atoms with E-state index in [0.717, 1.165) is 5.56 Å². The number of alkyl carbamates (subject to hydrolysis) is 2. The van der Waals surface area contributed by atoms with E-state index in [1.807, 2.05) is 30.3 Å². The molecule has 41 heavy (non-hydrogen) atoms. The fourth-order valence-corrected chi connectivity index (χ4v) is 3.30. The molecule has 3 N–H and O–H groups in total. The van der Waals surface area contributed by atoms with Crippen molar-refractivity contribution in [1.82, 2.24) is 30.9 Å². The molecule has 0 aliphatic carbocycles. The summed E-state index contributed by atoms with van der Waals surface area (Å²) in [6.45, 7) is 10.2. The first-order valence-corrected chi connectivity index (χ1v) is 13.0. The Morgan fingerprint density at radius 3 is 2.07 bits per heavy atom. The molecule has 0 radical (unpaired) electrons. The predicted octanol–water partition coefficient (Wildman–Crippen LogP) is 2.65. The number of guanidine groups is 1. The molecule has 0 bridgehead atoms. The summed E-state index contributed by atoms with van der Waals surface area (Å²) in [6.07, 6.45) is 0.237. The van der Waals surface area contributed by atoms with Crippen molar-refractivity contribution in [1.29, 1.82) is 0 Å². The highest BCUT2D eigenvalue weighted by atomic mass is 16.6. The lowest BCUT2D eigenvalue weighted by Crippen LogP contribution is -2.47. The molecular formula is C27H39N7O7. The highest BCUT2D eigenvalue weighted by Gasteiger charge is 2.22. The molecule has 0 spiro atoms. The van der Waals surface area contributed by atoms with E-state index in [-0.39, 0.29) is 37.8 Å². The Labute approximate surface area is 239 Å². The lowest BCUT2D eigenvalue weighted by molar-refractivity contribution is -0.141. The molecule has 0 saturated carbocycles. The number of hydrogen-bond acceptors (Lipinski definition) is 10. The van der Waals surface area contributed by atoms with Crippen molar-refractivity contribution >= 4 is 30.0 Å². The number of carbonyl (C=O) groups excluding carboxylic acids is 4. The van der Waals surface area contributed by atoms with E-state index < -0.39 is 35.4 Å². The minimum atomic E-state index is -0.801. The summed E-state index contributed by atoms with van der Waals surface area (Å²) in [4.78, 5) is 53.2. The number of esters is 1. The quantitative estimate of drug-likeness (QED) is 0.176. The van der Waals surface area contributed by atoms with E-state index in [1.165, 1.54) is 11.8 Å². The van der Waals surface area contributed by atoms with E-state index in [4.69, 9.17) is 14.2 Å². The number of aliphatic imine (C=N–C) groups is 1. The van der Waals surface area contributed by atoms with Crippen LogP contribution in [0.1, 0.15) is 65.3 Å². The van der Waals surface area contributed by atoms with Crippen LogP contribution in [0.15, 0.2) is 41.5 Å². The Morgan fingerprint density at radius 1 is 0.951 bits per heavy atom. The van der Waals surface area contributed by atoms with Gasteiger partial charge in [-0.25, -0.2) is 14.3 Å². The maximum Gasteiger partial charge on any atom is 0.414 e. The SMILES string of the molecule is COC(=O)C[C@H](NC(=O)Cn1cc(CCN=C(NC(=O)OC(C)(C)C)NC(=O)OC(C)(C)C)nn1)c1ccccc1. The molecule has 1 heterocycles. The van der Waals surface area contributed by atoms with Crippen LogP contribution >= 0.6 is 0 Å². The average molecular weight is 574 g/mol. The smallest absolute Gasteiger partial charge is 0.414 e. The molecule has 1 aromatic carbocycles. The van der Waals surface area contributed by atoms with Crippen LogP contribution in [-0.2, 0) is 36.8 Å². The minimum Gasteiger partial charge on any atom is -0.469 e. The van der Waals surface area contributed by atoms with Crippen molar-refractivity contribution in [2.45, 2.75) is 78.2 Å². The first-order chi connectivity index (χ1) is 19.1. The largest absolute Gasteiger partial charge is 0.469 e. The highest BCUT2D eigenvalue weighted by molar-refractivity contribution is 6.01. The van der Waals surface area contributed by atoms with Crippen LogP contribution in [0.25, 0.3) is 0 Å². The maximum atomic E-state index is 12.7. The molecule has 0 aliphatic heterocycles. The van der Waals surface area contributed by atoms with Crippen molar-refractivity contribution in [2.24, 2.45) is 4.99 Å². The van der Waals surface area contributed by atoms with Gasteiger partial charge >= 0.3 is 18.2 Å². The Bertz CT molecular complexity index is 1180. The minimum absolute atomic E-state index is 0.0239. The molecular weight excluding hydrogens is 534 g/mol. The van der Waals surface area contributed by atoms with Gasteiger partial charge in [0.25, 0.3) is 0 Å². The zero-order valence-electron chi connectivity index (χ0n) is 24.5. The molecule has 14 heteroatoms. The van der Waals surface area contributed by atoms with E-state index in [2.05, 4.69) is 31.3 Å². The number of carbonyl (C=O) groups is 4. The second kappa shape index (κ2) is 14.8. The molecule has 2 aromatic rings. The Morgan fingerprint density at radius 2 is 1.54 bits per heavy atom. The summed E-state index contributed by atoms with van der Waals surface area (Å²) in [5.74, 6) is -0.982. The number of benzene rings is 1. The van der Waals surface area contributed by atoms with Crippen LogP contribution in [0.5, 0.6) is 0 Å².